The highest BCUT2D eigenvalue weighted by Crippen LogP contribution is 2.31. The summed E-state index contributed by atoms with van der Waals surface area (Å²) in [5, 5.41) is 24.8. The number of azo groups is 1. The smallest absolute Gasteiger partial charge is 0.334 e. The molecular formula is C10H18N2O4. The monoisotopic (exact) mass is 230 g/mol. The van der Waals surface area contributed by atoms with Gasteiger partial charge in [-0.3, -0.25) is 4.79 Å². The Labute approximate surface area is 94.4 Å². The zero-order valence-electron chi connectivity index (χ0n) is 9.97. The molecule has 6 nitrogen and oxygen atoms in total. The summed E-state index contributed by atoms with van der Waals surface area (Å²) in [6.45, 7) is 6.41. The van der Waals surface area contributed by atoms with Gasteiger partial charge >= 0.3 is 11.9 Å². The van der Waals surface area contributed by atoms with Crippen LogP contribution >= 0.6 is 0 Å². The van der Waals surface area contributed by atoms with Crippen LogP contribution in [0.1, 0.15) is 27.7 Å². The zero-order chi connectivity index (χ0) is 12.9. The second kappa shape index (κ2) is 5.58. The number of hydrogen-bond donors (Lipinski definition) is 2. The van der Waals surface area contributed by atoms with Crippen LogP contribution in [-0.4, -0.2) is 34.2 Å². The first-order valence-corrected chi connectivity index (χ1v) is 5.09. The van der Waals surface area contributed by atoms with Crippen molar-refractivity contribution in [2.24, 2.45) is 22.1 Å². The van der Waals surface area contributed by atoms with Crippen molar-refractivity contribution >= 4 is 11.9 Å². The lowest BCUT2D eigenvalue weighted by Crippen LogP contribution is -2.46. The van der Waals surface area contributed by atoms with Crippen LogP contribution < -0.4 is 0 Å². The van der Waals surface area contributed by atoms with E-state index in [1.54, 1.807) is 27.7 Å². The summed E-state index contributed by atoms with van der Waals surface area (Å²) in [6, 6.07) is 0. The minimum absolute atomic E-state index is 0.262. The van der Waals surface area contributed by atoms with Crippen LogP contribution in [0.5, 0.6) is 0 Å². The molecule has 0 amide bonds. The first-order valence-electron chi connectivity index (χ1n) is 5.09. The molecule has 0 aromatic rings. The number of nitrogens with zero attached hydrogens (tertiary/aromatic N) is 2. The number of carboxylic acids is 2. The Morgan fingerprint density at radius 2 is 1.56 bits per heavy atom. The summed E-state index contributed by atoms with van der Waals surface area (Å²) in [7, 11) is 0. The van der Waals surface area contributed by atoms with Crippen LogP contribution in [0, 0.1) is 11.8 Å². The third kappa shape index (κ3) is 3.01. The van der Waals surface area contributed by atoms with Gasteiger partial charge in [-0.05, 0) is 11.8 Å². The second-order valence-corrected chi connectivity index (χ2v) is 4.23. The molecule has 0 aliphatic carbocycles. The van der Waals surface area contributed by atoms with Crippen molar-refractivity contribution in [3.63, 3.8) is 0 Å². The van der Waals surface area contributed by atoms with Gasteiger partial charge in [-0.15, -0.1) is 0 Å². The first kappa shape index (κ1) is 14.5. The molecule has 92 valence electrons. The molecule has 0 aliphatic rings. The number of hydrogen-bond acceptors (Lipinski definition) is 4. The molecule has 16 heavy (non-hydrogen) atoms. The Hall–Kier alpha value is -1.46. The van der Waals surface area contributed by atoms with Gasteiger partial charge in [-0.25, -0.2) is 4.79 Å². The van der Waals surface area contributed by atoms with Gasteiger partial charge in [-0.2, -0.15) is 10.2 Å². The third-order valence-electron chi connectivity index (χ3n) is 2.55. The van der Waals surface area contributed by atoms with Gasteiger partial charge in [0.25, 0.3) is 0 Å². The average molecular weight is 230 g/mol. The number of carbonyl (C=O) groups is 2. The molecule has 0 spiro atoms. The predicted molar refractivity (Wildman–Crippen MR) is 57.4 cm³/mol. The third-order valence-corrected chi connectivity index (χ3v) is 2.55. The van der Waals surface area contributed by atoms with Crippen LogP contribution in [0.2, 0.25) is 0 Å². The molecule has 0 heterocycles. The van der Waals surface area contributed by atoms with E-state index in [9.17, 15) is 14.7 Å². The van der Waals surface area contributed by atoms with E-state index >= 15 is 0 Å². The van der Waals surface area contributed by atoms with Crippen LogP contribution in [0.15, 0.2) is 10.2 Å². The summed E-state index contributed by atoms with van der Waals surface area (Å²) in [6.07, 6.45) is 0. The highest BCUT2D eigenvalue weighted by Gasteiger charge is 2.45. The molecule has 0 bridgehead atoms. The van der Waals surface area contributed by atoms with Crippen LogP contribution in [0.3, 0.4) is 0 Å². The Morgan fingerprint density at radius 3 is 1.81 bits per heavy atom. The molecule has 0 aliphatic heterocycles. The maximum Gasteiger partial charge on any atom is 0.334 e. The topological polar surface area (TPSA) is 99.3 Å². The van der Waals surface area contributed by atoms with Gasteiger partial charge in [0.15, 0.2) is 12.1 Å². The van der Waals surface area contributed by atoms with Crippen molar-refractivity contribution in [1.29, 1.82) is 0 Å². The molecule has 0 unspecified atom stereocenters. The molecule has 0 saturated carbocycles. The van der Waals surface area contributed by atoms with Crippen molar-refractivity contribution in [1.82, 2.24) is 0 Å². The normalized spacial score (nSPS) is 12.6. The lowest BCUT2D eigenvalue weighted by molar-refractivity contribution is -0.147. The lowest BCUT2D eigenvalue weighted by atomic mass is 9.78. The molecule has 0 rings (SSSR count). The summed E-state index contributed by atoms with van der Waals surface area (Å²) < 4.78 is 0. The minimum Gasteiger partial charge on any atom is -0.480 e. The van der Waals surface area contributed by atoms with E-state index < -0.39 is 24.0 Å². The fraction of sp³-hybridized carbons (Fsp3) is 0.800. The molecule has 0 saturated heterocycles. The Kier molecular flexibility index (Phi) is 5.07. The maximum absolute atomic E-state index is 11.3. The van der Waals surface area contributed by atoms with E-state index in [1.165, 1.54) is 0 Å². The van der Waals surface area contributed by atoms with Gasteiger partial charge in [0.05, 0.1) is 0 Å². The Morgan fingerprint density at radius 1 is 1.12 bits per heavy atom. The van der Waals surface area contributed by atoms with E-state index in [0.29, 0.717) is 0 Å². The Bertz CT molecular complexity index is 289. The van der Waals surface area contributed by atoms with Gasteiger partial charge in [0, 0.05) is 0 Å². The van der Waals surface area contributed by atoms with Crippen molar-refractivity contribution in [2.45, 2.75) is 33.2 Å². The molecule has 0 aromatic carbocycles. The highest BCUT2D eigenvalue weighted by atomic mass is 16.4. The number of rotatable bonds is 6. The largest absolute Gasteiger partial charge is 0.480 e. The molecule has 0 aromatic heterocycles. The predicted octanol–water partition coefficient (Wildman–Crippen LogP) is 1.66. The van der Waals surface area contributed by atoms with Crippen LogP contribution in [0.25, 0.3) is 0 Å². The van der Waals surface area contributed by atoms with Crippen LogP contribution in [0.4, 0.5) is 0 Å². The van der Waals surface area contributed by atoms with E-state index in [2.05, 4.69) is 10.2 Å². The Balaban J connectivity index is 5.13. The highest BCUT2D eigenvalue weighted by molar-refractivity contribution is 5.79. The molecule has 6 heteroatoms. The zero-order valence-corrected chi connectivity index (χ0v) is 9.97. The van der Waals surface area contributed by atoms with E-state index in [4.69, 9.17) is 5.11 Å². The minimum atomic E-state index is -1.35. The van der Waals surface area contributed by atoms with E-state index in [-0.39, 0.29) is 11.8 Å². The standard InChI is InChI=1S/C10H18N2O4/c1-6(2)10(7(3)4,9(15)16)12-11-5-8(13)14/h6-7H,5H2,1-4H3,(H,13,14)(H,15,16). The van der Waals surface area contributed by atoms with Crippen molar-refractivity contribution < 1.29 is 19.8 Å². The second-order valence-electron chi connectivity index (χ2n) is 4.23. The molecular weight excluding hydrogens is 212 g/mol. The summed E-state index contributed by atoms with van der Waals surface area (Å²) in [4.78, 5) is 21.6. The van der Waals surface area contributed by atoms with Gasteiger partial charge in [-0.1, -0.05) is 27.7 Å². The molecule has 0 fully saturated rings. The SMILES string of the molecule is CC(C)C(N=NCC(=O)O)(C(=O)O)C(C)C. The number of carboxylic acid groups (broad SMARTS) is 2. The van der Waals surface area contributed by atoms with Gasteiger partial charge < -0.3 is 10.2 Å². The maximum atomic E-state index is 11.3. The summed E-state index contributed by atoms with van der Waals surface area (Å²) >= 11 is 0. The van der Waals surface area contributed by atoms with Crippen molar-refractivity contribution in [2.75, 3.05) is 6.54 Å². The average Bonchev–Trinajstić information content (AvgIpc) is 2.09. The molecule has 0 atom stereocenters. The molecule has 0 radical (unpaired) electrons. The first-order chi connectivity index (χ1) is 7.25. The van der Waals surface area contributed by atoms with Crippen molar-refractivity contribution in [3.8, 4) is 0 Å². The van der Waals surface area contributed by atoms with E-state index in [1.807, 2.05) is 0 Å². The number of aliphatic carboxylic acids is 2. The van der Waals surface area contributed by atoms with Crippen molar-refractivity contribution in [3.05, 3.63) is 0 Å². The van der Waals surface area contributed by atoms with Gasteiger partial charge in [0.2, 0.25) is 0 Å². The fourth-order valence-electron chi connectivity index (χ4n) is 1.65. The van der Waals surface area contributed by atoms with E-state index in [0.717, 1.165) is 0 Å². The summed E-state index contributed by atoms with van der Waals surface area (Å²) in [5.74, 6) is -2.73. The van der Waals surface area contributed by atoms with Crippen LogP contribution in [-0.2, 0) is 9.59 Å². The van der Waals surface area contributed by atoms with Gasteiger partial charge in [0.1, 0.15) is 0 Å². The lowest BCUT2D eigenvalue weighted by Gasteiger charge is -2.31. The fourth-order valence-corrected chi connectivity index (χ4v) is 1.65. The quantitative estimate of drug-likeness (QED) is 0.677. The molecule has 2 N–H and O–H groups in total. The summed E-state index contributed by atoms with van der Waals surface area (Å²) in [5.41, 5.74) is -1.35.